The van der Waals surface area contributed by atoms with Crippen LogP contribution < -0.4 is 16.4 Å². The van der Waals surface area contributed by atoms with Crippen LogP contribution in [0.3, 0.4) is 0 Å². The summed E-state index contributed by atoms with van der Waals surface area (Å²) >= 11 is 1.58. The number of carbonyl (C=O) groups is 3. The molecule has 0 spiro atoms. The summed E-state index contributed by atoms with van der Waals surface area (Å²) in [7, 11) is 0. The second kappa shape index (κ2) is 26.2. The highest BCUT2D eigenvalue weighted by molar-refractivity contribution is 7.13. The lowest BCUT2D eigenvalue weighted by Gasteiger charge is -2.35. The molecule has 306 valence electrons. The Morgan fingerprint density at radius 1 is 0.889 bits per heavy atom. The van der Waals surface area contributed by atoms with E-state index in [0.717, 1.165) is 21.7 Å². The highest BCUT2D eigenvalue weighted by atomic mass is 35.5. The van der Waals surface area contributed by atoms with Gasteiger partial charge in [0.15, 0.2) is 0 Å². The summed E-state index contributed by atoms with van der Waals surface area (Å²) in [6.07, 6.45) is -0.687. The molecule has 0 bridgehead atoms. The van der Waals surface area contributed by atoms with Crippen LogP contribution in [0.15, 0.2) is 29.8 Å². The molecule has 0 unspecified atom stereocenters. The van der Waals surface area contributed by atoms with Crippen molar-refractivity contribution >= 4 is 41.5 Å². The van der Waals surface area contributed by atoms with Crippen molar-refractivity contribution in [1.82, 2.24) is 20.5 Å². The van der Waals surface area contributed by atoms with Gasteiger partial charge in [-0.2, -0.15) is 0 Å². The first kappa shape index (κ1) is 47.4. The number of hydrogen-bond donors (Lipinski definition) is 4. The van der Waals surface area contributed by atoms with Crippen molar-refractivity contribution in [2.75, 3.05) is 92.4 Å². The van der Waals surface area contributed by atoms with Gasteiger partial charge in [0.25, 0.3) is 0 Å². The minimum absolute atomic E-state index is 0. The molecule has 0 saturated carbocycles. The lowest BCUT2D eigenvalue weighted by molar-refractivity contribution is -0.144. The number of hydrogen-bond acceptors (Lipinski definition) is 13. The van der Waals surface area contributed by atoms with Crippen molar-refractivity contribution in [2.24, 2.45) is 11.1 Å². The van der Waals surface area contributed by atoms with Gasteiger partial charge in [-0.15, -0.1) is 23.7 Å². The molecule has 0 aliphatic carbocycles. The average Bonchev–Trinajstić information content (AvgIpc) is 3.75. The first-order chi connectivity index (χ1) is 25.5. The monoisotopic (exact) mass is 801 g/mol. The molecule has 1 aliphatic heterocycles. The highest BCUT2D eigenvalue weighted by Gasteiger charge is 2.44. The van der Waals surface area contributed by atoms with Crippen LogP contribution in [0.1, 0.15) is 44.9 Å². The van der Waals surface area contributed by atoms with Crippen molar-refractivity contribution in [3.05, 3.63) is 41.0 Å². The first-order valence-corrected chi connectivity index (χ1v) is 19.1. The second-order valence-electron chi connectivity index (χ2n) is 13.7. The van der Waals surface area contributed by atoms with E-state index < -0.39 is 29.5 Å². The Labute approximate surface area is 329 Å². The lowest BCUT2D eigenvalue weighted by atomic mass is 9.85. The fourth-order valence-electron chi connectivity index (χ4n) is 5.46. The SMILES string of the molecule is Cc1ncsc1-c1ccc(CNC(=O)[C@@H]2C[C@@H](O)CN2C(=O)[C@@H](NC(=O)CCOCCOCCOCCOCCOCCOCCN)C(C)(C)C)cc1.Cl. The van der Waals surface area contributed by atoms with Gasteiger partial charge in [0.2, 0.25) is 17.7 Å². The average molecular weight is 802 g/mol. The van der Waals surface area contributed by atoms with E-state index in [9.17, 15) is 19.5 Å². The van der Waals surface area contributed by atoms with E-state index in [0.29, 0.717) is 79.2 Å². The van der Waals surface area contributed by atoms with E-state index >= 15 is 0 Å². The number of thiazole rings is 1. The number of rotatable bonds is 26. The molecular weight excluding hydrogens is 742 g/mol. The van der Waals surface area contributed by atoms with Crippen LogP contribution in [0.4, 0.5) is 0 Å². The standard InChI is InChI=1S/C37H59N5O10S.ClH/c1-27-33(53-26-40-27)29-7-5-28(6-8-29)24-39-35(45)31-23-30(43)25-42(31)36(46)34(37(2,3)4)41-32(44)9-11-47-13-15-49-17-19-51-21-22-52-20-18-50-16-14-48-12-10-38;/h5-8,26,30-31,34,43H,9-25,38H2,1-4H3,(H,39,45)(H,41,44);1H/t30-,31+,34-;/m1./s1. The fraction of sp³-hybridized carbons (Fsp3) is 0.676. The van der Waals surface area contributed by atoms with Gasteiger partial charge in [-0.25, -0.2) is 4.98 Å². The number of aromatic nitrogens is 1. The summed E-state index contributed by atoms with van der Waals surface area (Å²) in [5.41, 5.74) is 9.43. The van der Waals surface area contributed by atoms with Crippen LogP contribution in [0.5, 0.6) is 0 Å². The van der Waals surface area contributed by atoms with Crippen LogP contribution in [0.2, 0.25) is 0 Å². The van der Waals surface area contributed by atoms with Gasteiger partial charge >= 0.3 is 0 Å². The Morgan fingerprint density at radius 2 is 1.41 bits per heavy atom. The molecule has 5 N–H and O–H groups in total. The van der Waals surface area contributed by atoms with Gasteiger partial charge in [0, 0.05) is 32.5 Å². The summed E-state index contributed by atoms with van der Waals surface area (Å²) in [5.74, 6) is -1.12. The summed E-state index contributed by atoms with van der Waals surface area (Å²) in [4.78, 5) is 46.8. The zero-order valence-corrected chi connectivity index (χ0v) is 33.7. The third kappa shape index (κ3) is 17.4. The topological polar surface area (TPSA) is 193 Å². The van der Waals surface area contributed by atoms with E-state index in [1.54, 1.807) is 11.3 Å². The van der Waals surface area contributed by atoms with E-state index in [1.165, 1.54) is 4.90 Å². The first-order valence-electron chi connectivity index (χ1n) is 18.2. The van der Waals surface area contributed by atoms with Gasteiger partial charge in [0.05, 0.1) is 101 Å². The van der Waals surface area contributed by atoms with E-state index in [4.69, 9.17) is 34.2 Å². The van der Waals surface area contributed by atoms with Crippen LogP contribution in [-0.4, -0.2) is 143 Å². The summed E-state index contributed by atoms with van der Waals surface area (Å²) in [5, 5.41) is 16.2. The van der Waals surface area contributed by atoms with Crippen LogP contribution in [0, 0.1) is 12.3 Å². The smallest absolute Gasteiger partial charge is 0.246 e. The molecule has 0 radical (unpaired) electrons. The minimum Gasteiger partial charge on any atom is -0.391 e. The molecular formula is C37H60ClN5O10S. The third-order valence-corrected chi connectivity index (χ3v) is 9.28. The van der Waals surface area contributed by atoms with E-state index in [1.807, 2.05) is 57.5 Å². The van der Waals surface area contributed by atoms with Crippen molar-refractivity contribution in [1.29, 1.82) is 0 Å². The Kier molecular flexibility index (Phi) is 22.9. The minimum atomic E-state index is -0.910. The Hall–Kier alpha value is -2.77. The number of β-amino-alcohol motifs (C(OH)–C–C–N with tert-alkyl or cyclic N) is 1. The molecule has 1 saturated heterocycles. The molecule has 2 heterocycles. The predicted molar refractivity (Wildman–Crippen MR) is 207 cm³/mol. The Balaban J connectivity index is 0.0000101. The van der Waals surface area contributed by atoms with E-state index in [2.05, 4.69) is 15.6 Å². The number of nitrogens with one attached hydrogen (secondary N) is 2. The molecule has 1 aromatic heterocycles. The number of amides is 3. The number of ether oxygens (including phenoxy) is 6. The third-order valence-electron chi connectivity index (χ3n) is 8.31. The van der Waals surface area contributed by atoms with Crippen molar-refractivity contribution in [3.63, 3.8) is 0 Å². The number of nitrogens with zero attached hydrogens (tertiary/aromatic N) is 2. The number of benzene rings is 1. The molecule has 3 atom stereocenters. The summed E-state index contributed by atoms with van der Waals surface area (Å²) in [6.45, 7) is 13.3. The molecule has 17 heteroatoms. The number of aliphatic hydroxyl groups is 1. The maximum atomic E-state index is 13.8. The maximum absolute atomic E-state index is 13.8. The van der Waals surface area contributed by atoms with Crippen LogP contribution >= 0.6 is 23.7 Å². The van der Waals surface area contributed by atoms with Crippen LogP contribution in [0.25, 0.3) is 10.4 Å². The molecule has 3 rings (SSSR count). The molecule has 54 heavy (non-hydrogen) atoms. The molecule has 1 fully saturated rings. The van der Waals surface area contributed by atoms with Crippen molar-refractivity contribution < 1.29 is 47.9 Å². The van der Waals surface area contributed by atoms with Gasteiger partial charge in [-0.3, -0.25) is 14.4 Å². The zero-order chi connectivity index (χ0) is 38.5. The molecule has 1 aliphatic rings. The number of aryl methyl sites for hydroxylation is 1. The fourth-order valence-corrected chi connectivity index (χ4v) is 6.27. The molecule has 15 nitrogen and oxygen atoms in total. The van der Waals surface area contributed by atoms with Crippen molar-refractivity contribution in [3.8, 4) is 10.4 Å². The largest absolute Gasteiger partial charge is 0.391 e. The van der Waals surface area contributed by atoms with Gasteiger partial charge in [0.1, 0.15) is 12.1 Å². The quantitative estimate of drug-likeness (QED) is 0.102. The number of nitrogens with two attached hydrogens (primary N) is 1. The van der Waals surface area contributed by atoms with Crippen molar-refractivity contribution in [2.45, 2.75) is 65.3 Å². The lowest BCUT2D eigenvalue weighted by Crippen LogP contribution is -2.57. The van der Waals surface area contributed by atoms with Gasteiger partial charge in [-0.05, 0) is 23.5 Å². The predicted octanol–water partition coefficient (Wildman–Crippen LogP) is 2.10. The summed E-state index contributed by atoms with van der Waals surface area (Å²) in [6, 6.07) is 6.11. The Morgan fingerprint density at radius 3 is 1.89 bits per heavy atom. The maximum Gasteiger partial charge on any atom is 0.246 e. The second-order valence-corrected chi connectivity index (χ2v) is 14.5. The summed E-state index contributed by atoms with van der Waals surface area (Å²) < 4.78 is 32.6. The van der Waals surface area contributed by atoms with E-state index in [-0.39, 0.29) is 56.8 Å². The highest BCUT2D eigenvalue weighted by Crippen LogP contribution is 2.28. The number of aliphatic hydroxyl groups excluding tert-OH is 1. The molecule has 1 aromatic carbocycles. The normalized spacial score (nSPS) is 16.2. The number of halogens is 1. The van der Waals surface area contributed by atoms with Crippen LogP contribution in [-0.2, 0) is 49.3 Å². The molecule has 3 amide bonds. The number of carbonyl (C=O) groups excluding carboxylic acids is 3. The molecule has 2 aromatic rings. The van der Waals surface area contributed by atoms with Gasteiger partial charge in [-0.1, -0.05) is 45.0 Å². The van der Waals surface area contributed by atoms with Gasteiger partial charge < -0.3 is 54.8 Å². The Bertz CT molecular complexity index is 1360. The zero-order valence-electron chi connectivity index (χ0n) is 32.0. The number of likely N-dealkylation sites (tertiary alicyclic amines) is 1.